The van der Waals surface area contributed by atoms with Crippen LogP contribution < -0.4 is 14.8 Å². The molecule has 1 N–H and O–H groups in total. The van der Waals surface area contributed by atoms with Crippen molar-refractivity contribution in [1.29, 1.82) is 5.26 Å². The molecule has 2 aromatic heterocycles. The average Bonchev–Trinajstić information content (AvgIpc) is 3.05. The molecule has 48 heavy (non-hydrogen) atoms. The second kappa shape index (κ2) is 14.4. The third-order valence-electron chi connectivity index (χ3n) is 9.22. The number of piperidine rings is 2. The molecule has 3 aliphatic heterocycles. The number of benzene rings is 1. The minimum absolute atomic E-state index is 0.0420. The van der Waals surface area contributed by atoms with Crippen LogP contribution in [0.25, 0.3) is 11.3 Å². The number of halogens is 2. The summed E-state index contributed by atoms with van der Waals surface area (Å²) in [6, 6.07) is 13.0. The van der Waals surface area contributed by atoms with Crippen LogP contribution in [-0.4, -0.2) is 95.2 Å². The first-order chi connectivity index (χ1) is 23.1. The smallest absolute Gasteiger partial charge is 0.301 e. The van der Waals surface area contributed by atoms with Crippen molar-refractivity contribution in [2.24, 2.45) is 5.92 Å². The molecule has 1 atom stereocenters. The third-order valence-corrected chi connectivity index (χ3v) is 9.22. The number of hydrogen-bond donors (Lipinski definition) is 1. The third kappa shape index (κ3) is 7.50. The maximum Gasteiger partial charge on any atom is 0.301 e. The van der Waals surface area contributed by atoms with Crippen molar-refractivity contribution < 1.29 is 27.8 Å². The van der Waals surface area contributed by atoms with Crippen LogP contribution in [0.15, 0.2) is 42.6 Å². The number of nitrogens with one attached hydrogen (secondary N) is 1. The summed E-state index contributed by atoms with van der Waals surface area (Å²) in [6.45, 7) is 6.91. The Hall–Kier alpha value is -4.41. The fourth-order valence-corrected chi connectivity index (χ4v) is 6.49. The maximum absolute atomic E-state index is 15.1. The van der Waals surface area contributed by atoms with E-state index in [1.165, 1.54) is 11.0 Å². The van der Waals surface area contributed by atoms with Crippen LogP contribution in [0.1, 0.15) is 56.6 Å². The molecule has 3 saturated heterocycles. The summed E-state index contributed by atoms with van der Waals surface area (Å²) in [5.74, 6) is -1.68. The van der Waals surface area contributed by atoms with E-state index in [9.17, 15) is 10.1 Å². The standard InChI is InChI=1S/C35H41F2N7O4/c1-22(2)16-32(45)44-15-11-30(35(36,37)21-44)48-29-6-4-24(17-25(29)18-38)28-8-12-39-34(40-28)42-31-7-5-27(33(41-31)46-3)23-9-13-43(14-10-23)26-19-47-20-26/h4-8,12,17,22-23,26,30H,9-11,13-16,19-21H2,1-3H3,(H,39,40,41,42). The van der Waals surface area contributed by atoms with Crippen molar-refractivity contribution in [3.8, 4) is 29.0 Å². The zero-order valence-corrected chi connectivity index (χ0v) is 27.5. The normalized spacial score (nSPS) is 20.2. The Morgan fingerprint density at radius 2 is 1.92 bits per heavy atom. The molecule has 0 radical (unpaired) electrons. The van der Waals surface area contributed by atoms with Gasteiger partial charge in [0.15, 0.2) is 6.10 Å². The van der Waals surface area contributed by atoms with Gasteiger partial charge < -0.3 is 24.4 Å². The van der Waals surface area contributed by atoms with Crippen LogP contribution in [0.3, 0.4) is 0 Å². The summed E-state index contributed by atoms with van der Waals surface area (Å²) in [4.78, 5) is 29.7. The highest BCUT2D eigenvalue weighted by atomic mass is 19.3. The van der Waals surface area contributed by atoms with E-state index < -0.39 is 18.6 Å². The van der Waals surface area contributed by atoms with E-state index in [0.717, 1.165) is 44.7 Å². The summed E-state index contributed by atoms with van der Waals surface area (Å²) in [6.07, 6.45) is 2.36. The van der Waals surface area contributed by atoms with Gasteiger partial charge in [-0.3, -0.25) is 9.69 Å². The molecule has 3 aromatic rings. The lowest BCUT2D eigenvalue weighted by atomic mass is 9.89. The monoisotopic (exact) mass is 661 g/mol. The lowest BCUT2D eigenvalue weighted by molar-refractivity contribution is -0.160. The van der Waals surface area contributed by atoms with Gasteiger partial charge in [-0.05, 0) is 74.2 Å². The zero-order valence-electron chi connectivity index (χ0n) is 27.5. The van der Waals surface area contributed by atoms with Crippen LogP contribution in [-0.2, 0) is 9.53 Å². The number of hydrogen-bond acceptors (Lipinski definition) is 10. The van der Waals surface area contributed by atoms with Gasteiger partial charge in [-0.1, -0.05) is 13.8 Å². The highest BCUT2D eigenvalue weighted by Crippen LogP contribution is 2.36. The molecule has 0 saturated carbocycles. The van der Waals surface area contributed by atoms with Gasteiger partial charge in [0.2, 0.25) is 17.7 Å². The number of methoxy groups -OCH3 is 1. The summed E-state index contributed by atoms with van der Waals surface area (Å²) >= 11 is 0. The van der Waals surface area contributed by atoms with Gasteiger partial charge in [0.1, 0.15) is 17.6 Å². The van der Waals surface area contributed by atoms with Gasteiger partial charge in [-0.15, -0.1) is 0 Å². The second-order valence-electron chi connectivity index (χ2n) is 13.1. The molecule has 0 spiro atoms. The van der Waals surface area contributed by atoms with Crippen molar-refractivity contribution >= 4 is 17.7 Å². The molecule has 1 unspecified atom stereocenters. The van der Waals surface area contributed by atoms with E-state index in [1.54, 1.807) is 31.5 Å². The Morgan fingerprint density at radius 1 is 1.12 bits per heavy atom. The van der Waals surface area contributed by atoms with Gasteiger partial charge in [0.05, 0.1) is 44.2 Å². The number of likely N-dealkylation sites (tertiary alicyclic amines) is 2. The molecule has 0 aliphatic carbocycles. The number of anilines is 2. The largest absolute Gasteiger partial charge is 0.483 e. The number of nitrogens with zero attached hydrogens (tertiary/aromatic N) is 6. The van der Waals surface area contributed by atoms with Gasteiger partial charge in [-0.25, -0.2) is 18.7 Å². The summed E-state index contributed by atoms with van der Waals surface area (Å²) in [5, 5.41) is 13.0. The molecule has 1 aromatic carbocycles. The Morgan fingerprint density at radius 3 is 2.58 bits per heavy atom. The van der Waals surface area contributed by atoms with Gasteiger partial charge in [-0.2, -0.15) is 10.2 Å². The van der Waals surface area contributed by atoms with Gasteiger partial charge >= 0.3 is 5.92 Å². The van der Waals surface area contributed by atoms with Crippen molar-refractivity contribution in [3.05, 3.63) is 53.7 Å². The minimum Gasteiger partial charge on any atom is -0.483 e. The zero-order chi connectivity index (χ0) is 33.8. The van der Waals surface area contributed by atoms with Gasteiger partial charge in [0, 0.05) is 36.7 Å². The van der Waals surface area contributed by atoms with Crippen LogP contribution in [0.4, 0.5) is 20.5 Å². The lowest BCUT2D eigenvalue weighted by Crippen LogP contribution is -2.55. The first-order valence-corrected chi connectivity index (χ1v) is 16.5. The number of amides is 1. The Balaban J connectivity index is 1.11. The Labute approximate surface area is 279 Å². The molecule has 5 heterocycles. The second-order valence-corrected chi connectivity index (χ2v) is 13.1. The molecule has 3 aliphatic rings. The number of nitriles is 1. The SMILES string of the molecule is COc1nc(Nc2nccc(-c3ccc(OC4CCN(C(=O)CC(C)C)CC4(F)F)c(C#N)c3)n2)ccc1C1CCN(C2COC2)CC1. The van der Waals surface area contributed by atoms with E-state index in [2.05, 4.69) is 31.2 Å². The quantitative estimate of drug-likeness (QED) is 0.302. The number of alkyl halides is 2. The van der Waals surface area contributed by atoms with Crippen molar-refractivity contribution in [2.45, 2.75) is 63.5 Å². The molecule has 0 bridgehead atoms. The predicted octanol–water partition coefficient (Wildman–Crippen LogP) is 5.40. The molecule has 11 nitrogen and oxygen atoms in total. The first kappa shape index (κ1) is 33.5. The van der Waals surface area contributed by atoms with E-state index in [1.807, 2.05) is 26.0 Å². The molecule has 6 rings (SSSR count). The fourth-order valence-electron chi connectivity index (χ4n) is 6.49. The molecule has 13 heteroatoms. The number of carbonyl (C=O) groups is 1. The van der Waals surface area contributed by atoms with Crippen molar-refractivity contribution in [3.63, 3.8) is 0 Å². The summed E-state index contributed by atoms with van der Waals surface area (Å²) in [5.41, 5.74) is 2.29. The number of aromatic nitrogens is 3. The van der Waals surface area contributed by atoms with Crippen LogP contribution in [0.2, 0.25) is 0 Å². The lowest BCUT2D eigenvalue weighted by Gasteiger charge is -2.41. The molecular formula is C35H41F2N7O4. The number of pyridine rings is 1. The van der Waals surface area contributed by atoms with Crippen molar-refractivity contribution in [1.82, 2.24) is 24.8 Å². The average molecular weight is 662 g/mol. The highest BCUT2D eigenvalue weighted by molar-refractivity contribution is 5.76. The van der Waals surface area contributed by atoms with E-state index in [4.69, 9.17) is 14.2 Å². The van der Waals surface area contributed by atoms with Crippen LogP contribution >= 0.6 is 0 Å². The highest BCUT2D eigenvalue weighted by Gasteiger charge is 2.47. The Bertz CT molecular complexity index is 1650. The summed E-state index contributed by atoms with van der Waals surface area (Å²) < 4.78 is 46.9. The Kier molecular flexibility index (Phi) is 10.0. The topological polar surface area (TPSA) is 126 Å². The van der Waals surface area contributed by atoms with E-state index in [-0.39, 0.29) is 42.5 Å². The predicted molar refractivity (Wildman–Crippen MR) is 174 cm³/mol. The molecule has 1 amide bonds. The summed E-state index contributed by atoms with van der Waals surface area (Å²) in [7, 11) is 1.62. The number of ether oxygens (including phenoxy) is 3. The maximum atomic E-state index is 15.1. The first-order valence-electron chi connectivity index (χ1n) is 16.5. The van der Waals surface area contributed by atoms with Crippen LogP contribution in [0.5, 0.6) is 11.6 Å². The van der Waals surface area contributed by atoms with E-state index in [0.29, 0.717) is 40.9 Å². The number of carbonyl (C=O) groups excluding carboxylic acids is 1. The van der Waals surface area contributed by atoms with Crippen molar-refractivity contribution in [2.75, 3.05) is 51.8 Å². The number of rotatable bonds is 10. The fraction of sp³-hybridized carbons (Fsp3) is 0.514. The molecule has 3 fully saturated rings. The molecule has 254 valence electrons. The minimum atomic E-state index is -3.26. The van der Waals surface area contributed by atoms with E-state index >= 15 is 8.78 Å². The van der Waals surface area contributed by atoms with Gasteiger partial charge in [0.25, 0.3) is 0 Å². The van der Waals surface area contributed by atoms with Crippen LogP contribution in [0, 0.1) is 17.2 Å². The molecular weight excluding hydrogens is 620 g/mol.